The fourth-order valence-electron chi connectivity index (χ4n) is 2.93. The number of hydrogen-bond donors (Lipinski definition) is 1. The summed E-state index contributed by atoms with van der Waals surface area (Å²) in [6.45, 7) is 6.43. The number of carbonyl (C=O) groups excluding carboxylic acids is 1. The Kier molecular flexibility index (Phi) is 5.26. The van der Waals surface area contributed by atoms with Gasteiger partial charge in [-0.2, -0.15) is 5.10 Å². The van der Waals surface area contributed by atoms with Crippen molar-refractivity contribution in [1.29, 1.82) is 0 Å². The molecule has 0 saturated carbocycles. The Hall–Kier alpha value is -3.14. The summed E-state index contributed by atoms with van der Waals surface area (Å²) in [7, 11) is 1.65. The summed E-state index contributed by atoms with van der Waals surface area (Å²) >= 11 is 0. The topological polar surface area (TPSA) is 50.7 Å². The van der Waals surface area contributed by atoms with Gasteiger partial charge < -0.3 is 4.74 Å². The fraction of sp³-hybridized carbons (Fsp3) is 0.217. The van der Waals surface area contributed by atoms with E-state index in [0.29, 0.717) is 5.56 Å². The zero-order valence-electron chi connectivity index (χ0n) is 16.1. The van der Waals surface area contributed by atoms with E-state index in [9.17, 15) is 4.79 Å². The summed E-state index contributed by atoms with van der Waals surface area (Å²) in [6.07, 6.45) is 1.66. The van der Waals surface area contributed by atoms with E-state index < -0.39 is 0 Å². The van der Waals surface area contributed by atoms with Crippen LogP contribution >= 0.6 is 0 Å². The molecule has 0 bridgehead atoms. The average Bonchev–Trinajstić information content (AvgIpc) is 2.67. The maximum atomic E-state index is 12.3. The van der Waals surface area contributed by atoms with Crippen molar-refractivity contribution in [1.82, 2.24) is 5.43 Å². The third-order valence-corrected chi connectivity index (χ3v) is 4.52. The first-order chi connectivity index (χ1) is 12.9. The van der Waals surface area contributed by atoms with Gasteiger partial charge in [-0.05, 0) is 40.6 Å². The van der Waals surface area contributed by atoms with Crippen LogP contribution in [0.15, 0.2) is 65.8 Å². The molecule has 27 heavy (non-hydrogen) atoms. The number of amides is 1. The molecule has 1 N–H and O–H groups in total. The van der Waals surface area contributed by atoms with E-state index in [0.717, 1.165) is 22.1 Å². The molecule has 138 valence electrons. The molecule has 0 unspecified atom stereocenters. The van der Waals surface area contributed by atoms with Gasteiger partial charge in [0.05, 0.1) is 13.3 Å². The molecule has 3 aromatic carbocycles. The number of hydrogen-bond acceptors (Lipinski definition) is 3. The monoisotopic (exact) mass is 360 g/mol. The van der Waals surface area contributed by atoms with Crippen LogP contribution in [0.1, 0.15) is 42.3 Å². The lowest BCUT2D eigenvalue weighted by atomic mass is 9.87. The number of methoxy groups -OCH3 is 1. The van der Waals surface area contributed by atoms with E-state index >= 15 is 0 Å². The minimum absolute atomic E-state index is 0.0581. The van der Waals surface area contributed by atoms with Gasteiger partial charge in [-0.1, -0.05) is 57.2 Å². The van der Waals surface area contributed by atoms with Crippen LogP contribution in [-0.2, 0) is 5.41 Å². The van der Waals surface area contributed by atoms with Crippen LogP contribution < -0.4 is 10.2 Å². The van der Waals surface area contributed by atoms with Crippen LogP contribution in [0.5, 0.6) is 5.75 Å². The Morgan fingerprint density at radius 3 is 2.26 bits per heavy atom. The maximum Gasteiger partial charge on any atom is 0.271 e. The molecule has 0 atom stereocenters. The van der Waals surface area contributed by atoms with Crippen molar-refractivity contribution in [2.45, 2.75) is 26.2 Å². The third-order valence-electron chi connectivity index (χ3n) is 4.52. The average molecular weight is 360 g/mol. The van der Waals surface area contributed by atoms with Crippen LogP contribution in [0.4, 0.5) is 0 Å². The molecule has 0 aliphatic heterocycles. The van der Waals surface area contributed by atoms with Crippen molar-refractivity contribution in [3.8, 4) is 5.75 Å². The second kappa shape index (κ2) is 7.62. The Bertz CT molecular complexity index is 983. The second-order valence-electron chi connectivity index (χ2n) is 7.43. The third kappa shape index (κ3) is 4.17. The largest absolute Gasteiger partial charge is 0.496 e. The number of fused-ring (bicyclic) bond motifs is 1. The summed E-state index contributed by atoms with van der Waals surface area (Å²) in [5.41, 5.74) is 5.34. The smallest absolute Gasteiger partial charge is 0.271 e. The summed E-state index contributed by atoms with van der Waals surface area (Å²) in [5, 5.41) is 6.15. The van der Waals surface area contributed by atoms with Gasteiger partial charge in [0.1, 0.15) is 5.75 Å². The maximum absolute atomic E-state index is 12.3. The van der Waals surface area contributed by atoms with E-state index in [1.54, 1.807) is 13.3 Å². The first kappa shape index (κ1) is 18.6. The summed E-state index contributed by atoms with van der Waals surface area (Å²) in [6, 6.07) is 19.4. The van der Waals surface area contributed by atoms with Gasteiger partial charge in [-0.3, -0.25) is 4.79 Å². The van der Waals surface area contributed by atoms with Crippen LogP contribution in [-0.4, -0.2) is 19.2 Å². The minimum atomic E-state index is -0.232. The highest BCUT2D eigenvalue weighted by molar-refractivity contribution is 6.03. The van der Waals surface area contributed by atoms with Gasteiger partial charge in [-0.15, -0.1) is 0 Å². The summed E-state index contributed by atoms with van der Waals surface area (Å²) < 4.78 is 5.40. The lowest BCUT2D eigenvalue weighted by Crippen LogP contribution is -2.18. The lowest BCUT2D eigenvalue weighted by Gasteiger charge is -2.18. The number of carbonyl (C=O) groups is 1. The molecule has 4 nitrogen and oxygen atoms in total. The van der Waals surface area contributed by atoms with Crippen LogP contribution in [0.2, 0.25) is 0 Å². The SMILES string of the molecule is COc1ccc(C=NNC(=O)c2ccc(C(C)(C)C)cc2)c2ccccc12. The van der Waals surface area contributed by atoms with Gasteiger partial charge in [0.15, 0.2) is 0 Å². The minimum Gasteiger partial charge on any atom is -0.496 e. The van der Waals surface area contributed by atoms with Gasteiger partial charge in [-0.25, -0.2) is 5.43 Å². The van der Waals surface area contributed by atoms with Gasteiger partial charge in [0, 0.05) is 16.5 Å². The Morgan fingerprint density at radius 1 is 0.963 bits per heavy atom. The standard InChI is InChI=1S/C23H24N2O2/c1-23(2,3)18-12-9-16(10-13-18)22(26)25-24-15-17-11-14-21(27-4)20-8-6-5-7-19(17)20/h5-15H,1-4H3,(H,25,26). The fourth-order valence-corrected chi connectivity index (χ4v) is 2.93. The molecule has 3 rings (SSSR count). The molecule has 0 aromatic heterocycles. The van der Waals surface area contributed by atoms with Crippen molar-refractivity contribution < 1.29 is 9.53 Å². The van der Waals surface area contributed by atoms with E-state index in [1.807, 2.05) is 60.7 Å². The molecular weight excluding hydrogens is 336 g/mol. The number of nitrogens with one attached hydrogen (secondary N) is 1. The van der Waals surface area contributed by atoms with Crippen molar-refractivity contribution in [3.63, 3.8) is 0 Å². The molecule has 0 spiro atoms. The molecule has 0 fully saturated rings. The Labute approximate surface area is 159 Å². The van der Waals surface area contributed by atoms with Crippen molar-refractivity contribution in [2.75, 3.05) is 7.11 Å². The molecule has 0 saturated heterocycles. The number of benzene rings is 3. The second-order valence-corrected chi connectivity index (χ2v) is 7.43. The zero-order chi connectivity index (χ0) is 19.4. The van der Waals surface area contributed by atoms with E-state index in [-0.39, 0.29) is 11.3 Å². The molecule has 0 radical (unpaired) electrons. The van der Waals surface area contributed by atoms with Gasteiger partial charge in [0.2, 0.25) is 0 Å². The number of ether oxygens (including phenoxy) is 1. The predicted molar refractivity (Wildman–Crippen MR) is 111 cm³/mol. The Morgan fingerprint density at radius 2 is 1.63 bits per heavy atom. The molecule has 3 aromatic rings. The van der Waals surface area contributed by atoms with E-state index in [2.05, 4.69) is 31.3 Å². The lowest BCUT2D eigenvalue weighted by molar-refractivity contribution is 0.0955. The quantitative estimate of drug-likeness (QED) is 0.531. The normalized spacial score (nSPS) is 11.7. The van der Waals surface area contributed by atoms with Crippen molar-refractivity contribution in [3.05, 3.63) is 77.4 Å². The number of nitrogens with zero attached hydrogens (tertiary/aromatic N) is 1. The molecule has 1 amide bonds. The molecule has 0 aliphatic rings. The zero-order valence-corrected chi connectivity index (χ0v) is 16.1. The predicted octanol–water partition coefficient (Wildman–Crippen LogP) is 4.91. The highest BCUT2D eigenvalue weighted by Crippen LogP contribution is 2.27. The summed E-state index contributed by atoms with van der Waals surface area (Å²) in [4.78, 5) is 12.3. The highest BCUT2D eigenvalue weighted by atomic mass is 16.5. The van der Waals surface area contributed by atoms with E-state index in [4.69, 9.17) is 4.74 Å². The molecule has 0 aliphatic carbocycles. The Balaban J connectivity index is 1.76. The molecule has 4 heteroatoms. The van der Waals surface area contributed by atoms with Crippen molar-refractivity contribution in [2.24, 2.45) is 5.10 Å². The van der Waals surface area contributed by atoms with E-state index in [1.165, 1.54) is 5.56 Å². The summed E-state index contributed by atoms with van der Waals surface area (Å²) in [5.74, 6) is 0.579. The van der Waals surface area contributed by atoms with Gasteiger partial charge in [0.25, 0.3) is 5.91 Å². The van der Waals surface area contributed by atoms with Crippen LogP contribution in [0, 0.1) is 0 Å². The highest BCUT2D eigenvalue weighted by Gasteiger charge is 2.14. The van der Waals surface area contributed by atoms with Crippen LogP contribution in [0.25, 0.3) is 10.8 Å². The van der Waals surface area contributed by atoms with Gasteiger partial charge >= 0.3 is 0 Å². The van der Waals surface area contributed by atoms with Crippen LogP contribution in [0.3, 0.4) is 0 Å². The molecule has 0 heterocycles. The van der Waals surface area contributed by atoms with Crippen molar-refractivity contribution >= 4 is 22.9 Å². The first-order valence-electron chi connectivity index (χ1n) is 8.90. The number of hydrazone groups is 1. The first-order valence-corrected chi connectivity index (χ1v) is 8.90. The number of rotatable bonds is 4. The molecular formula is C23H24N2O2.